The van der Waals surface area contributed by atoms with Crippen LogP contribution >= 0.6 is 0 Å². The maximum absolute atomic E-state index is 12.5. The molecule has 1 aliphatic rings. The number of hydrogen-bond acceptors (Lipinski definition) is 3. The fourth-order valence-electron chi connectivity index (χ4n) is 1.89. The number of hydrogen-bond donors (Lipinski definition) is 1. The normalized spacial score (nSPS) is 26.7. The molecule has 1 aromatic rings. The summed E-state index contributed by atoms with van der Waals surface area (Å²) in [6, 6.07) is 0.584. The molecule has 2 rings (SSSR count). The molecule has 3 nitrogen and oxygen atoms in total. The standard InChI is InChI=1S/C10H14FN3/c1-7-2-8(4-12-7)3-10-13-5-9(11)6-14-10/h5-8,12H,2-4H2,1H3. The van der Waals surface area contributed by atoms with Gasteiger partial charge in [0, 0.05) is 12.5 Å². The Morgan fingerprint density at radius 2 is 2.21 bits per heavy atom. The molecular weight excluding hydrogens is 181 g/mol. The Labute approximate surface area is 82.8 Å². The van der Waals surface area contributed by atoms with Crippen molar-refractivity contribution in [3.05, 3.63) is 24.0 Å². The van der Waals surface area contributed by atoms with Crippen LogP contribution < -0.4 is 5.32 Å². The van der Waals surface area contributed by atoms with Crippen molar-refractivity contribution in [2.24, 2.45) is 5.92 Å². The lowest BCUT2D eigenvalue weighted by molar-refractivity contribution is 0.541. The Morgan fingerprint density at radius 1 is 1.50 bits per heavy atom. The lowest BCUT2D eigenvalue weighted by Crippen LogP contribution is -2.17. The van der Waals surface area contributed by atoms with Crippen molar-refractivity contribution in [2.75, 3.05) is 6.54 Å². The summed E-state index contributed by atoms with van der Waals surface area (Å²) in [7, 11) is 0. The smallest absolute Gasteiger partial charge is 0.159 e. The van der Waals surface area contributed by atoms with E-state index in [0.29, 0.717) is 12.0 Å². The Bertz CT molecular complexity index is 299. The molecule has 2 heterocycles. The zero-order valence-corrected chi connectivity index (χ0v) is 8.20. The SMILES string of the molecule is CC1CC(Cc2ncc(F)cn2)CN1. The zero-order chi connectivity index (χ0) is 9.97. The fourth-order valence-corrected chi connectivity index (χ4v) is 1.89. The molecule has 1 aromatic heterocycles. The topological polar surface area (TPSA) is 37.8 Å². The van der Waals surface area contributed by atoms with Gasteiger partial charge in [-0.3, -0.25) is 0 Å². The van der Waals surface area contributed by atoms with Gasteiger partial charge in [-0.05, 0) is 25.8 Å². The molecule has 1 N–H and O–H groups in total. The van der Waals surface area contributed by atoms with Crippen molar-refractivity contribution >= 4 is 0 Å². The van der Waals surface area contributed by atoms with Crippen molar-refractivity contribution in [3.63, 3.8) is 0 Å². The van der Waals surface area contributed by atoms with E-state index in [1.54, 1.807) is 0 Å². The lowest BCUT2D eigenvalue weighted by atomic mass is 10.0. The van der Waals surface area contributed by atoms with Gasteiger partial charge in [0.1, 0.15) is 5.82 Å². The summed E-state index contributed by atoms with van der Waals surface area (Å²) < 4.78 is 12.5. The predicted molar refractivity (Wildman–Crippen MR) is 51.3 cm³/mol. The Morgan fingerprint density at radius 3 is 2.79 bits per heavy atom. The first-order chi connectivity index (χ1) is 6.74. The third-order valence-electron chi connectivity index (χ3n) is 2.59. The van der Waals surface area contributed by atoms with Crippen LogP contribution in [0.15, 0.2) is 12.4 Å². The van der Waals surface area contributed by atoms with Gasteiger partial charge in [-0.2, -0.15) is 0 Å². The van der Waals surface area contributed by atoms with Crippen LogP contribution in [0.4, 0.5) is 4.39 Å². The van der Waals surface area contributed by atoms with Crippen molar-refractivity contribution in [3.8, 4) is 0 Å². The third-order valence-corrected chi connectivity index (χ3v) is 2.59. The van der Waals surface area contributed by atoms with Crippen LogP contribution in [0.2, 0.25) is 0 Å². The molecule has 2 atom stereocenters. The summed E-state index contributed by atoms with van der Waals surface area (Å²) >= 11 is 0. The van der Waals surface area contributed by atoms with Gasteiger partial charge < -0.3 is 5.32 Å². The van der Waals surface area contributed by atoms with E-state index in [1.165, 1.54) is 12.4 Å². The molecular formula is C10H14FN3. The molecule has 0 aliphatic carbocycles. The summed E-state index contributed by atoms with van der Waals surface area (Å²) in [6.45, 7) is 3.19. The molecule has 76 valence electrons. The van der Waals surface area contributed by atoms with E-state index in [-0.39, 0.29) is 5.82 Å². The quantitative estimate of drug-likeness (QED) is 0.769. The highest BCUT2D eigenvalue weighted by molar-refractivity contribution is 4.94. The minimum absolute atomic E-state index is 0.369. The van der Waals surface area contributed by atoms with Gasteiger partial charge in [0.25, 0.3) is 0 Å². The van der Waals surface area contributed by atoms with E-state index in [1.807, 2.05) is 0 Å². The fraction of sp³-hybridized carbons (Fsp3) is 0.600. The molecule has 0 radical (unpaired) electrons. The van der Waals surface area contributed by atoms with Crippen LogP contribution in [-0.2, 0) is 6.42 Å². The summed E-state index contributed by atoms with van der Waals surface area (Å²) in [5, 5.41) is 3.37. The third kappa shape index (κ3) is 2.26. The van der Waals surface area contributed by atoms with Gasteiger partial charge in [-0.15, -0.1) is 0 Å². The molecule has 0 saturated carbocycles. The van der Waals surface area contributed by atoms with Crippen molar-refractivity contribution < 1.29 is 4.39 Å². The van der Waals surface area contributed by atoms with Crippen LogP contribution in [0.25, 0.3) is 0 Å². The van der Waals surface area contributed by atoms with E-state index in [0.717, 1.165) is 25.2 Å². The van der Waals surface area contributed by atoms with Crippen LogP contribution in [0, 0.1) is 11.7 Å². The monoisotopic (exact) mass is 195 g/mol. The maximum atomic E-state index is 12.5. The van der Waals surface area contributed by atoms with Gasteiger partial charge in [-0.25, -0.2) is 14.4 Å². The van der Waals surface area contributed by atoms with Gasteiger partial charge in [-0.1, -0.05) is 0 Å². The molecule has 0 aromatic carbocycles. The van der Waals surface area contributed by atoms with E-state index < -0.39 is 0 Å². The molecule has 14 heavy (non-hydrogen) atoms. The second kappa shape index (κ2) is 4.00. The largest absolute Gasteiger partial charge is 0.314 e. The zero-order valence-electron chi connectivity index (χ0n) is 8.20. The number of halogens is 1. The van der Waals surface area contributed by atoms with Crippen LogP contribution in [0.5, 0.6) is 0 Å². The number of aromatic nitrogens is 2. The summed E-state index contributed by atoms with van der Waals surface area (Å²) in [5.74, 6) is 0.967. The average Bonchev–Trinajstić information content (AvgIpc) is 2.56. The van der Waals surface area contributed by atoms with Gasteiger partial charge in [0.05, 0.1) is 12.4 Å². The number of rotatable bonds is 2. The van der Waals surface area contributed by atoms with Crippen LogP contribution in [0.3, 0.4) is 0 Å². The Hall–Kier alpha value is -1.03. The minimum atomic E-state index is -0.369. The molecule has 0 spiro atoms. The molecule has 2 unspecified atom stereocenters. The molecule has 1 saturated heterocycles. The van der Waals surface area contributed by atoms with Crippen LogP contribution in [-0.4, -0.2) is 22.6 Å². The molecule has 1 fully saturated rings. The highest BCUT2D eigenvalue weighted by Gasteiger charge is 2.21. The summed E-state index contributed by atoms with van der Waals surface area (Å²) in [5.41, 5.74) is 0. The maximum Gasteiger partial charge on any atom is 0.159 e. The average molecular weight is 195 g/mol. The van der Waals surface area contributed by atoms with E-state index in [9.17, 15) is 4.39 Å². The first-order valence-corrected chi connectivity index (χ1v) is 4.94. The summed E-state index contributed by atoms with van der Waals surface area (Å²) in [4.78, 5) is 7.91. The van der Waals surface area contributed by atoms with Crippen molar-refractivity contribution in [2.45, 2.75) is 25.8 Å². The minimum Gasteiger partial charge on any atom is -0.314 e. The number of nitrogens with zero attached hydrogens (tertiary/aromatic N) is 2. The number of nitrogens with one attached hydrogen (secondary N) is 1. The highest BCUT2D eigenvalue weighted by atomic mass is 19.1. The van der Waals surface area contributed by atoms with Crippen molar-refractivity contribution in [1.82, 2.24) is 15.3 Å². The van der Waals surface area contributed by atoms with Gasteiger partial charge in [0.2, 0.25) is 0 Å². The van der Waals surface area contributed by atoms with E-state index in [2.05, 4.69) is 22.2 Å². The Kier molecular flexibility index (Phi) is 2.72. The molecule has 0 bridgehead atoms. The lowest BCUT2D eigenvalue weighted by Gasteiger charge is -2.05. The predicted octanol–water partition coefficient (Wildman–Crippen LogP) is 1.16. The second-order valence-corrected chi connectivity index (χ2v) is 3.93. The summed E-state index contributed by atoms with van der Waals surface area (Å²) in [6.07, 6.45) is 4.46. The highest BCUT2D eigenvalue weighted by Crippen LogP contribution is 2.16. The van der Waals surface area contributed by atoms with Gasteiger partial charge in [0.15, 0.2) is 5.82 Å². The second-order valence-electron chi connectivity index (χ2n) is 3.93. The van der Waals surface area contributed by atoms with Crippen LogP contribution in [0.1, 0.15) is 19.2 Å². The Balaban J connectivity index is 1.94. The first kappa shape index (κ1) is 9.52. The van der Waals surface area contributed by atoms with E-state index in [4.69, 9.17) is 0 Å². The molecule has 0 amide bonds. The van der Waals surface area contributed by atoms with E-state index >= 15 is 0 Å². The van der Waals surface area contributed by atoms with Gasteiger partial charge >= 0.3 is 0 Å². The molecule has 1 aliphatic heterocycles. The first-order valence-electron chi connectivity index (χ1n) is 4.94. The molecule has 4 heteroatoms. The van der Waals surface area contributed by atoms with Crippen molar-refractivity contribution in [1.29, 1.82) is 0 Å².